The van der Waals surface area contributed by atoms with Gasteiger partial charge in [0.1, 0.15) is 6.33 Å². The van der Waals surface area contributed by atoms with Crippen LogP contribution in [0.3, 0.4) is 0 Å². The van der Waals surface area contributed by atoms with Crippen LogP contribution >= 0.6 is 0 Å². The van der Waals surface area contributed by atoms with Crippen LogP contribution in [0.5, 0.6) is 5.75 Å². The Hall–Kier alpha value is -2.09. The molecule has 0 bridgehead atoms. The summed E-state index contributed by atoms with van der Waals surface area (Å²) in [5, 5.41) is 5.84. The van der Waals surface area contributed by atoms with Gasteiger partial charge in [-0.2, -0.15) is 0 Å². The lowest BCUT2D eigenvalue weighted by Crippen LogP contribution is -2.23. The number of hydrogen-bond donors (Lipinski definition) is 4. The zero-order valence-corrected chi connectivity index (χ0v) is 9.36. The smallest absolute Gasteiger partial charge is 0.222 e. The van der Waals surface area contributed by atoms with Gasteiger partial charge >= 0.3 is 0 Å². The second-order valence-corrected chi connectivity index (χ2v) is 3.60. The maximum Gasteiger partial charge on any atom is 0.222 e. The summed E-state index contributed by atoms with van der Waals surface area (Å²) in [4.78, 5) is 19.1. The molecule has 0 aromatic carbocycles. The van der Waals surface area contributed by atoms with Gasteiger partial charge in [0.15, 0.2) is 11.6 Å². The van der Waals surface area contributed by atoms with Crippen LogP contribution in [-0.2, 0) is 4.79 Å². The minimum Gasteiger partial charge on any atom is -0.490 e. The number of nitrogens with zero attached hydrogens (tertiary/aromatic N) is 2. The van der Waals surface area contributed by atoms with Crippen molar-refractivity contribution in [3.63, 3.8) is 0 Å². The van der Waals surface area contributed by atoms with Crippen LogP contribution in [-0.4, -0.2) is 35.6 Å². The van der Waals surface area contributed by atoms with E-state index in [0.29, 0.717) is 30.4 Å². The van der Waals surface area contributed by atoms with E-state index >= 15 is 0 Å². The Balaban J connectivity index is 2.17. The lowest BCUT2D eigenvalue weighted by molar-refractivity contribution is -0.119. The molecule has 2 rings (SSSR count). The summed E-state index contributed by atoms with van der Waals surface area (Å²) >= 11 is 0. The predicted octanol–water partition coefficient (Wildman–Crippen LogP) is -0.929. The summed E-state index contributed by atoms with van der Waals surface area (Å²) in [5.74, 6) is 6.66. The largest absolute Gasteiger partial charge is 0.490 e. The monoisotopic (exact) mass is 238 g/mol. The number of hydrazine groups is 1. The SMILES string of the molecule is COc1c(NN)ncnc1NC1CNC(=O)C1. The van der Waals surface area contributed by atoms with E-state index in [9.17, 15) is 4.79 Å². The number of aromatic nitrogens is 2. The molecule has 8 heteroatoms. The summed E-state index contributed by atoms with van der Waals surface area (Å²) in [7, 11) is 1.50. The molecule has 1 fully saturated rings. The van der Waals surface area contributed by atoms with Crippen LogP contribution in [0.15, 0.2) is 6.33 Å². The standard InChI is InChI=1S/C9H14N6O2/c1-17-7-8(12-4-13-9(7)15-10)14-5-2-6(16)11-3-5/h4-5H,2-3,10H2,1H3,(H,11,16)(H2,12,13,14,15). The molecule has 92 valence electrons. The third-order valence-corrected chi connectivity index (χ3v) is 2.46. The molecular weight excluding hydrogens is 224 g/mol. The van der Waals surface area contributed by atoms with Crippen molar-refractivity contribution < 1.29 is 9.53 Å². The molecule has 8 nitrogen and oxygen atoms in total. The number of nitrogens with two attached hydrogens (primary N) is 1. The Labute approximate surface area is 97.9 Å². The van der Waals surface area contributed by atoms with E-state index in [2.05, 4.69) is 26.0 Å². The summed E-state index contributed by atoms with van der Waals surface area (Å²) in [6, 6.07) is -0.00285. The highest BCUT2D eigenvalue weighted by atomic mass is 16.5. The fourth-order valence-electron chi connectivity index (χ4n) is 1.67. The average Bonchev–Trinajstić information content (AvgIpc) is 2.74. The van der Waals surface area contributed by atoms with Crippen molar-refractivity contribution in [2.45, 2.75) is 12.5 Å². The maximum atomic E-state index is 11.1. The van der Waals surface area contributed by atoms with Gasteiger partial charge in [0.25, 0.3) is 0 Å². The molecule has 0 radical (unpaired) electrons. The van der Waals surface area contributed by atoms with Crippen LogP contribution in [0, 0.1) is 0 Å². The second kappa shape index (κ2) is 4.83. The highest BCUT2D eigenvalue weighted by Gasteiger charge is 2.23. The maximum absolute atomic E-state index is 11.1. The number of rotatable bonds is 4. The zero-order chi connectivity index (χ0) is 12.3. The summed E-state index contributed by atoms with van der Waals surface area (Å²) < 4.78 is 5.17. The number of ether oxygens (including phenoxy) is 1. The number of nitrogen functional groups attached to an aromatic ring is 1. The van der Waals surface area contributed by atoms with Gasteiger partial charge in [0, 0.05) is 13.0 Å². The summed E-state index contributed by atoms with van der Waals surface area (Å²) in [6.45, 7) is 0.567. The first kappa shape index (κ1) is 11.4. The van der Waals surface area contributed by atoms with Gasteiger partial charge in [-0.3, -0.25) is 4.79 Å². The molecule has 0 saturated carbocycles. The van der Waals surface area contributed by atoms with Gasteiger partial charge in [0.2, 0.25) is 11.7 Å². The van der Waals surface area contributed by atoms with Crippen LogP contribution in [0.25, 0.3) is 0 Å². The number of methoxy groups -OCH3 is 1. The van der Waals surface area contributed by atoms with E-state index in [1.165, 1.54) is 13.4 Å². The van der Waals surface area contributed by atoms with Crippen molar-refractivity contribution >= 4 is 17.5 Å². The van der Waals surface area contributed by atoms with Crippen LogP contribution in [0.1, 0.15) is 6.42 Å². The summed E-state index contributed by atoms with van der Waals surface area (Å²) in [5.41, 5.74) is 2.42. The van der Waals surface area contributed by atoms with Gasteiger partial charge < -0.3 is 20.8 Å². The molecule has 1 aliphatic heterocycles. The Morgan fingerprint density at radius 3 is 2.88 bits per heavy atom. The number of carbonyl (C=O) groups excluding carboxylic acids is 1. The van der Waals surface area contributed by atoms with E-state index in [-0.39, 0.29) is 11.9 Å². The molecule has 1 aromatic rings. The van der Waals surface area contributed by atoms with Crippen molar-refractivity contribution in [1.29, 1.82) is 0 Å². The lowest BCUT2D eigenvalue weighted by atomic mass is 10.2. The highest BCUT2D eigenvalue weighted by Crippen LogP contribution is 2.28. The van der Waals surface area contributed by atoms with E-state index in [1.54, 1.807) is 0 Å². The van der Waals surface area contributed by atoms with Gasteiger partial charge in [0.05, 0.1) is 13.2 Å². The molecule has 0 aliphatic carbocycles. The normalized spacial score (nSPS) is 18.7. The zero-order valence-electron chi connectivity index (χ0n) is 9.36. The summed E-state index contributed by atoms with van der Waals surface area (Å²) in [6.07, 6.45) is 1.78. The van der Waals surface area contributed by atoms with E-state index in [0.717, 1.165) is 0 Å². The molecule has 1 aliphatic rings. The number of amides is 1. The number of carbonyl (C=O) groups is 1. The molecule has 1 aromatic heterocycles. The van der Waals surface area contributed by atoms with Gasteiger partial charge in [-0.15, -0.1) is 0 Å². The van der Waals surface area contributed by atoms with Crippen LogP contribution in [0.2, 0.25) is 0 Å². The van der Waals surface area contributed by atoms with Crippen LogP contribution in [0.4, 0.5) is 11.6 Å². The Morgan fingerprint density at radius 2 is 2.29 bits per heavy atom. The number of hydrogen-bond acceptors (Lipinski definition) is 7. The molecule has 0 spiro atoms. The van der Waals surface area contributed by atoms with E-state index < -0.39 is 0 Å². The fourth-order valence-corrected chi connectivity index (χ4v) is 1.67. The van der Waals surface area contributed by atoms with Gasteiger partial charge in [-0.25, -0.2) is 15.8 Å². The van der Waals surface area contributed by atoms with Crippen LogP contribution < -0.4 is 26.6 Å². The Kier molecular flexibility index (Phi) is 3.24. The van der Waals surface area contributed by atoms with Crippen molar-refractivity contribution in [2.75, 3.05) is 24.4 Å². The highest BCUT2D eigenvalue weighted by molar-refractivity contribution is 5.80. The van der Waals surface area contributed by atoms with Crippen molar-refractivity contribution in [2.24, 2.45) is 5.84 Å². The minimum absolute atomic E-state index is 0.00285. The molecule has 1 saturated heterocycles. The van der Waals surface area contributed by atoms with Gasteiger partial charge in [-0.05, 0) is 0 Å². The molecular formula is C9H14N6O2. The van der Waals surface area contributed by atoms with E-state index in [1.807, 2.05) is 0 Å². The van der Waals surface area contributed by atoms with E-state index in [4.69, 9.17) is 10.6 Å². The first-order valence-corrected chi connectivity index (χ1v) is 5.13. The lowest BCUT2D eigenvalue weighted by Gasteiger charge is -2.15. The third kappa shape index (κ3) is 2.36. The van der Waals surface area contributed by atoms with Crippen molar-refractivity contribution in [1.82, 2.24) is 15.3 Å². The number of anilines is 2. The molecule has 17 heavy (non-hydrogen) atoms. The average molecular weight is 238 g/mol. The second-order valence-electron chi connectivity index (χ2n) is 3.60. The quantitative estimate of drug-likeness (QED) is 0.396. The third-order valence-electron chi connectivity index (χ3n) is 2.46. The van der Waals surface area contributed by atoms with Crippen molar-refractivity contribution in [3.05, 3.63) is 6.33 Å². The molecule has 1 amide bonds. The minimum atomic E-state index is -0.00285. The molecule has 1 unspecified atom stereocenters. The fraction of sp³-hybridized carbons (Fsp3) is 0.444. The topological polar surface area (TPSA) is 114 Å². The molecule has 5 N–H and O–H groups in total. The Bertz CT molecular complexity index is 424. The molecule has 1 atom stereocenters. The first-order chi connectivity index (χ1) is 8.24. The Morgan fingerprint density at radius 1 is 1.53 bits per heavy atom. The number of nitrogens with one attached hydrogen (secondary N) is 3. The first-order valence-electron chi connectivity index (χ1n) is 5.13. The van der Waals surface area contributed by atoms with Crippen molar-refractivity contribution in [3.8, 4) is 5.75 Å². The molecule has 2 heterocycles. The predicted molar refractivity (Wildman–Crippen MR) is 61.4 cm³/mol. The van der Waals surface area contributed by atoms with Gasteiger partial charge in [-0.1, -0.05) is 0 Å².